The summed E-state index contributed by atoms with van der Waals surface area (Å²) in [7, 11) is 0. The van der Waals surface area contributed by atoms with Crippen LogP contribution in [0.5, 0.6) is 0 Å². The molecule has 0 unspecified atom stereocenters. The van der Waals surface area contributed by atoms with Crippen molar-refractivity contribution in [2.24, 2.45) is 11.8 Å². The zero-order valence-electron chi connectivity index (χ0n) is 20.3. The van der Waals surface area contributed by atoms with Gasteiger partial charge in [0.1, 0.15) is 11.6 Å². The molecule has 8 nitrogen and oxygen atoms in total. The summed E-state index contributed by atoms with van der Waals surface area (Å²) in [4.78, 5) is 42.2. The van der Waals surface area contributed by atoms with Crippen LogP contribution in [0.4, 0.5) is 0 Å². The number of fused-ring (bicyclic) bond motifs is 1. The molecule has 36 heavy (non-hydrogen) atoms. The van der Waals surface area contributed by atoms with Crippen molar-refractivity contribution in [1.29, 1.82) is 0 Å². The summed E-state index contributed by atoms with van der Waals surface area (Å²) in [5.74, 6) is -2.70. The molecule has 3 fully saturated rings. The van der Waals surface area contributed by atoms with Crippen molar-refractivity contribution in [2.45, 2.75) is 56.5 Å². The third-order valence-corrected chi connectivity index (χ3v) is 7.77. The lowest BCUT2D eigenvalue weighted by Gasteiger charge is -2.36. The van der Waals surface area contributed by atoms with E-state index >= 15 is 0 Å². The summed E-state index contributed by atoms with van der Waals surface area (Å²) in [5.41, 5.74) is 0.749. The minimum atomic E-state index is -1.12. The molecule has 6 atom stereocenters. The third kappa shape index (κ3) is 4.08. The predicted molar refractivity (Wildman–Crippen MR) is 130 cm³/mol. The first kappa shape index (κ1) is 24.5. The minimum absolute atomic E-state index is 0.202. The maximum atomic E-state index is 14.0. The van der Waals surface area contributed by atoms with Crippen LogP contribution in [0, 0.1) is 11.8 Å². The van der Waals surface area contributed by atoms with Crippen molar-refractivity contribution >= 4 is 17.8 Å². The van der Waals surface area contributed by atoms with Gasteiger partial charge in [-0.2, -0.15) is 0 Å². The van der Waals surface area contributed by atoms with Crippen LogP contribution in [-0.2, 0) is 36.8 Å². The standard InChI is InChI=1S/C28H32N2O6/c1-2-35-27(34)22-21-13-14-28(36-21)23(22)26(33)30(20(17-31)15-18-9-5-3-6-10-18)24(28)25(32)29-16-19-11-7-4-8-12-19/h3-12,20-24,31H,2,13-17H2,1H3,(H,29,32)/t20-,21+,22-,23-,24+,28-/m1/s1. The monoisotopic (exact) mass is 492 g/mol. The van der Waals surface area contributed by atoms with E-state index in [1.165, 1.54) is 4.90 Å². The Morgan fingerprint density at radius 3 is 2.44 bits per heavy atom. The average Bonchev–Trinajstić information content (AvgIpc) is 3.54. The third-order valence-electron chi connectivity index (χ3n) is 7.77. The number of rotatable bonds is 9. The zero-order valence-corrected chi connectivity index (χ0v) is 20.3. The first-order valence-corrected chi connectivity index (χ1v) is 12.6. The first-order valence-electron chi connectivity index (χ1n) is 12.6. The van der Waals surface area contributed by atoms with Gasteiger partial charge in [-0.15, -0.1) is 0 Å². The van der Waals surface area contributed by atoms with Gasteiger partial charge in [-0.25, -0.2) is 0 Å². The predicted octanol–water partition coefficient (Wildman–Crippen LogP) is 1.84. The van der Waals surface area contributed by atoms with E-state index in [-0.39, 0.29) is 25.0 Å². The van der Waals surface area contributed by atoms with Crippen LogP contribution in [0.1, 0.15) is 30.9 Å². The Labute approximate surface area is 210 Å². The number of carbonyl (C=O) groups excluding carboxylic acids is 3. The summed E-state index contributed by atoms with van der Waals surface area (Å²) in [6.07, 6.45) is 0.993. The van der Waals surface area contributed by atoms with Crippen molar-refractivity contribution in [3.63, 3.8) is 0 Å². The quantitative estimate of drug-likeness (QED) is 0.518. The summed E-state index contributed by atoms with van der Waals surface area (Å²) < 4.78 is 11.7. The van der Waals surface area contributed by atoms with Crippen LogP contribution in [0.15, 0.2) is 60.7 Å². The fraction of sp³-hybridized carbons (Fsp3) is 0.464. The van der Waals surface area contributed by atoms with Crippen LogP contribution in [0.3, 0.4) is 0 Å². The van der Waals surface area contributed by atoms with Crippen molar-refractivity contribution in [3.8, 4) is 0 Å². The summed E-state index contributed by atoms with van der Waals surface area (Å²) >= 11 is 0. The molecule has 3 saturated heterocycles. The van der Waals surface area contributed by atoms with Crippen LogP contribution < -0.4 is 5.32 Å². The molecule has 5 rings (SSSR count). The second-order valence-electron chi connectivity index (χ2n) is 9.78. The first-order chi connectivity index (χ1) is 17.5. The number of likely N-dealkylation sites (tertiary alicyclic amines) is 1. The van der Waals surface area contributed by atoms with Gasteiger partial charge in [0.2, 0.25) is 11.8 Å². The van der Waals surface area contributed by atoms with Crippen molar-refractivity contribution in [2.75, 3.05) is 13.2 Å². The number of amides is 2. The number of hydrogen-bond donors (Lipinski definition) is 2. The highest BCUT2D eigenvalue weighted by Crippen LogP contribution is 2.59. The van der Waals surface area contributed by atoms with Gasteiger partial charge in [-0.1, -0.05) is 60.7 Å². The fourth-order valence-corrected chi connectivity index (χ4v) is 6.31. The summed E-state index contributed by atoms with van der Waals surface area (Å²) in [6.45, 7) is 1.91. The number of aliphatic hydroxyl groups excluding tert-OH is 1. The molecule has 2 aromatic carbocycles. The van der Waals surface area contributed by atoms with Gasteiger partial charge >= 0.3 is 5.97 Å². The Morgan fingerprint density at radius 1 is 1.14 bits per heavy atom. The molecule has 2 N–H and O–H groups in total. The highest BCUT2D eigenvalue weighted by atomic mass is 16.6. The van der Waals surface area contributed by atoms with E-state index in [0.717, 1.165) is 11.1 Å². The number of nitrogens with one attached hydrogen (secondary N) is 1. The van der Waals surface area contributed by atoms with Gasteiger partial charge in [0.05, 0.1) is 37.2 Å². The largest absolute Gasteiger partial charge is 0.466 e. The smallest absolute Gasteiger partial charge is 0.312 e. The van der Waals surface area contributed by atoms with E-state index < -0.39 is 41.6 Å². The van der Waals surface area contributed by atoms with E-state index in [1.807, 2.05) is 60.7 Å². The highest BCUT2D eigenvalue weighted by molar-refractivity contribution is 5.98. The van der Waals surface area contributed by atoms with Crippen LogP contribution in [0.2, 0.25) is 0 Å². The van der Waals surface area contributed by atoms with Gasteiger partial charge in [0.25, 0.3) is 0 Å². The molecule has 190 valence electrons. The Balaban J connectivity index is 1.49. The van der Waals surface area contributed by atoms with E-state index in [9.17, 15) is 19.5 Å². The average molecular weight is 493 g/mol. The van der Waals surface area contributed by atoms with Gasteiger partial charge < -0.3 is 24.8 Å². The summed E-state index contributed by atoms with van der Waals surface area (Å²) in [5, 5.41) is 13.4. The Morgan fingerprint density at radius 2 is 1.81 bits per heavy atom. The lowest BCUT2D eigenvalue weighted by atomic mass is 9.71. The molecule has 2 aromatic rings. The van der Waals surface area contributed by atoms with Gasteiger partial charge in [0.15, 0.2) is 0 Å². The van der Waals surface area contributed by atoms with Crippen molar-refractivity contribution in [3.05, 3.63) is 71.8 Å². The highest BCUT2D eigenvalue weighted by Gasteiger charge is 2.75. The van der Waals surface area contributed by atoms with E-state index in [1.54, 1.807) is 6.92 Å². The molecule has 3 aliphatic heterocycles. The molecule has 8 heteroatoms. The minimum Gasteiger partial charge on any atom is -0.466 e. The summed E-state index contributed by atoms with van der Waals surface area (Å²) in [6, 6.07) is 17.5. The Bertz CT molecular complexity index is 1110. The molecule has 0 aromatic heterocycles. The van der Waals surface area contributed by atoms with E-state index in [2.05, 4.69) is 5.32 Å². The normalized spacial score (nSPS) is 29.2. The number of esters is 1. The fourth-order valence-electron chi connectivity index (χ4n) is 6.31. The molecule has 0 radical (unpaired) electrons. The van der Waals surface area contributed by atoms with Crippen LogP contribution >= 0.6 is 0 Å². The van der Waals surface area contributed by atoms with Crippen LogP contribution in [0.25, 0.3) is 0 Å². The molecule has 0 aliphatic carbocycles. The number of aliphatic hydroxyl groups is 1. The Kier molecular flexibility index (Phi) is 6.81. The number of carbonyl (C=O) groups is 3. The molecule has 1 spiro atoms. The van der Waals surface area contributed by atoms with Crippen LogP contribution in [-0.4, -0.2) is 64.8 Å². The maximum absolute atomic E-state index is 14.0. The van der Waals surface area contributed by atoms with Gasteiger partial charge in [-0.3, -0.25) is 14.4 Å². The zero-order chi connectivity index (χ0) is 25.3. The number of hydrogen-bond acceptors (Lipinski definition) is 6. The molecule has 3 heterocycles. The molecule has 0 saturated carbocycles. The second-order valence-corrected chi connectivity index (χ2v) is 9.78. The maximum Gasteiger partial charge on any atom is 0.312 e. The molecular formula is C28H32N2O6. The lowest BCUT2D eigenvalue weighted by molar-refractivity contribution is -0.155. The molecule has 2 amide bonds. The SMILES string of the molecule is CCOC(=O)[C@@H]1[C@@H]2CC[C@]3(O2)[C@H](C(=O)NCc2ccccc2)N([C@@H](CO)Cc2ccccc2)C(=O)[C@@H]13. The van der Waals surface area contributed by atoms with Gasteiger partial charge in [0, 0.05) is 6.54 Å². The van der Waals surface area contributed by atoms with E-state index in [4.69, 9.17) is 9.47 Å². The molecule has 3 aliphatic rings. The van der Waals surface area contributed by atoms with Crippen molar-refractivity contribution in [1.82, 2.24) is 10.2 Å². The molecular weight excluding hydrogens is 460 g/mol. The second kappa shape index (κ2) is 10.0. The molecule has 2 bridgehead atoms. The number of benzene rings is 2. The number of nitrogens with zero attached hydrogens (tertiary/aromatic N) is 1. The van der Waals surface area contributed by atoms with Gasteiger partial charge in [-0.05, 0) is 37.3 Å². The lowest BCUT2D eigenvalue weighted by Crippen LogP contribution is -2.58. The van der Waals surface area contributed by atoms with Crippen molar-refractivity contribution < 1.29 is 29.0 Å². The topological polar surface area (TPSA) is 105 Å². The number of ether oxygens (including phenoxy) is 2. The Hall–Kier alpha value is -3.23. The van der Waals surface area contributed by atoms with E-state index in [0.29, 0.717) is 25.8 Å².